The van der Waals surface area contributed by atoms with E-state index in [-0.39, 0.29) is 47.3 Å². The molecule has 0 aromatic heterocycles. The second-order valence-electron chi connectivity index (χ2n) is 17.4. The summed E-state index contributed by atoms with van der Waals surface area (Å²) in [6.07, 6.45) is 18.4. The van der Waals surface area contributed by atoms with E-state index in [9.17, 15) is 19.5 Å². The van der Waals surface area contributed by atoms with Crippen molar-refractivity contribution in [2.45, 2.75) is 83.8 Å². The molecule has 0 saturated carbocycles. The molecule has 3 amide bonds. The number of carbonyl (C=O) groups excluding carboxylic acids is 3. The van der Waals surface area contributed by atoms with Crippen LogP contribution in [0.1, 0.15) is 96.8 Å². The number of nitrogens with zero attached hydrogens (tertiary/aromatic N) is 6. The Morgan fingerprint density at radius 2 is 0.871 bits per heavy atom. The van der Waals surface area contributed by atoms with Gasteiger partial charge in [0.2, 0.25) is 0 Å². The van der Waals surface area contributed by atoms with Crippen LogP contribution >= 0.6 is 45.2 Å². The standard InChI is InChI=1S/C34H38N4O6.C15H16N2O3.C4H8I2/c1-5-21-11-23-17-35-27-15-31(29(41-3)13-25(27)33(39)37(23)19-21)43-9-7-8-10-44-32-16-28-26(14-30(32)42-4)34(40)38-20-22(6-2)12-24(38)18-36-28;1-3-9-4-10-7-16-12-6-13(18)14(20-2)5-11(12)15(19)17(10)8-9;5-3-1-2-4-6/h5-6,13-18,23-24H,7-12,19-20H2,1-4H3;3,5-7,10,18H,4,8H2,1-2H3;1-4H2/b21-5+,22-6+;9-3+;/t23-,24-;10-;/m00./s1. The normalized spacial score (nSPS) is 21.1. The van der Waals surface area contributed by atoms with Gasteiger partial charge in [0.05, 0.1) is 86.4 Å². The highest BCUT2D eigenvalue weighted by atomic mass is 127. The maximum absolute atomic E-state index is 13.3. The fraction of sp³-hybridized carbons (Fsp3) is 0.434. The third-order valence-corrected chi connectivity index (χ3v) is 14.5. The number of aromatic hydroxyl groups is 1. The highest BCUT2D eigenvalue weighted by Crippen LogP contribution is 2.41. The molecule has 372 valence electrons. The van der Waals surface area contributed by atoms with Crippen molar-refractivity contribution in [3.05, 3.63) is 88.0 Å². The van der Waals surface area contributed by atoms with Gasteiger partial charge in [0.25, 0.3) is 17.7 Å². The number of carbonyl (C=O) groups is 3. The Hall–Kier alpha value is -5.44. The van der Waals surface area contributed by atoms with Crippen LogP contribution in [0.3, 0.4) is 0 Å². The van der Waals surface area contributed by atoms with Crippen LogP contribution in [0.15, 0.2) is 86.3 Å². The summed E-state index contributed by atoms with van der Waals surface area (Å²) in [5, 5.41) is 9.79. The lowest BCUT2D eigenvalue weighted by atomic mass is 10.1. The Morgan fingerprint density at radius 3 is 1.20 bits per heavy atom. The lowest BCUT2D eigenvalue weighted by molar-refractivity contribution is 0.0769. The maximum Gasteiger partial charge on any atom is 0.257 e. The summed E-state index contributed by atoms with van der Waals surface area (Å²) in [6, 6.07) is 9.97. The lowest BCUT2D eigenvalue weighted by Crippen LogP contribution is -2.35. The van der Waals surface area contributed by atoms with E-state index in [0.717, 1.165) is 32.1 Å². The van der Waals surface area contributed by atoms with E-state index < -0.39 is 0 Å². The number of methoxy groups -OCH3 is 3. The van der Waals surface area contributed by atoms with Crippen molar-refractivity contribution in [3.63, 3.8) is 0 Å². The third kappa shape index (κ3) is 11.8. The number of fused-ring (bicyclic) bond motifs is 6. The molecular weight excluding hydrogens is 1120 g/mol. The van der Waals surface area contributed by atoms with E-state index in [1.807, 2.05) is 49.1 Å². The number of phenols is 1. The van der Waals surface area contributed by atoms with Gasteiger partial charge in [-0.25, -0.2) is 0 Å². The van der Waals surface area contributed by atoms with E-state index in [0.29, 0.717) is 89.6 Å². The average Bonchev–Trinajstić information content (AvgIpc) is 4.08. The van der Waals surface area contributed by atoms with Crippen molar-refractivity contribution in [2.75, 3.05) is 63.0 Å². The zero-order valence-corrected chi connectivity index (χ0v) is 45.0. The van der Waals surface area contributed by atoms with Crippen molar-refractivity contribution >= 4 is 98.6 Å². The molecule has 3 fully saturated rings. The van der Waals surface area contributed by atoms with Crippen LogP contribution in [0.2, 0.25) is 0 Å². The number of halogens is 2. The number of aliphatic imine (C=N–C) groups is 3. The van der Waals surface area contributed by atoms with Crippen molar-refractivity contribution in [2.24, 2.45) is 15.0 Å². The molecule has 3 atom stereocenters. The van der Waals surface area contributed by atoms with Gasteiger partial charge in [0.15, 0.2) is 34.5 Å². The first kappa shape index (κ1) is 52.4. The highest BCUT2D eigenvalue weighted by Gasteiger charge is 2.37. The minimum Gasteiger partial charge on any atom is -0.504 e. The molecule has 0 unspecified atom stereocenters. The molecule has 17 heteroatoms. The number of ether oxygens (including phenoxy) is 5. The van der Waals surface area contributed by atoms with Crippen molar-refractivity contribution in [1.82, 2.24) is 14.7 Å². The van der Waals surface area contributed by atoms with Crippen LogP contribution in [-0.2, 0) is 0 Å². The number of allylic oxidation sites excluding steroid dienone is 3. The van der Waals surface area contributed by atoms with Gasteiger partial charge in [0, 0.05) is 56.5 Å². The van der Waals surface area contributed by atoms with Crippen LogP contribution in [0.5, 0.6) is 34.5 Å². The van der Waals surface area contributed by atoms with Gasteiger partial charge in [-0.3, -0.25) is 29.4 Å². The van der Waals surface area contributed by atoms with Crippen LogP contribution < -0.4 is 23.7 Å². The molecule has 15 nitrogen and oxygen atoms in total. The molecule has 6 aliphatic rings. The summed E-state index contributed by atoms with van der Waals surface area (Å²) in [6.45, 7) is 8.72. The zero-order chi connectivity index (χ0) is 49.9. The predicted octanol–water partition coefficient (Wildman–Crippen LogP) is 10.6. The largest absolute Gasteiger partial charge is 0.504 e. The summed E-state index contributed by atoms with van der Waals surface area (Å²) in [5.41, 5.74) is 6.88. The second-order valence-corrected chi connectivity index (χ2v) is 19.5. The summed E-state index contributed by atoms with van der Waals surface area (Å²) >= 11 is 4.81. The van der Waals surface area contributed by atoms with E-state index in [4.69, 9.17) is 23.7 Å². The average molecular weight is 1180 g/mol. The molecule has 3 aromatic carbocycles. The first-order chi connectivity index (χ1) is 34.0. The molecule has 70 heavy (non-hydrogen) atoms. The number of unbranched alkanes of at least 4 members (excludes halogenated alkanes) is 2. The van der Waals surface area contributed by atoms with Gasteiger partial charge in [0.1, 0.15) is 0 Å². The SMILES string of the molecule is C/C=C1\C[C@H]2C=Nc3cc(O)c(OC)cc3C(=O)N2C1.C/C=C1\C[C@H]2C=Nc3cc(OCCCCOc4cc5c(cc4OC)C(=O)N4C/C(=C/C)C[C@H]4C=N5)c(OC)cc3C(=O)N2C1.ICCCCI. The van der Waals surface area contributed by atoms with Gasteiger partial charge in [-0.15, -0.1) is 0 Å². The Bertz CT molecular complexity index is 2510. The molecule has 6 aliphatic heterocycles. The molecule has 0 bridgehead atoms. The van der Waals surface area contributed by atoms with Gasteiger partial charge in [-0.05, 0) is 92.8 Å². The number of benzene rings is 3. The molecule has 1 N–H and O–H groups in total. The van der Waals surface area contributed by atoms with Crippen LogP contribution in [-0.4, -0.2) is 137 Å². The van der Waals surface area contributed by atoms with E-state index in [2.05, 4.69) is 72.3 Å². The van der Waals surface area contributed by atoms with Crippen molar-refractivity contribution in [1.29, 1.82) is 0 Å². The Balaban J connectivity index is 0.000000228. The second kappa shape index (κ2) is 24.6. The molecular formula is C53H62I2N6O9. The quantitative estimate of drug-likeness (QED) is 0.0759. The number of rotatable bonds is 13. The predicted molar refractivity (Wildman–Crippen MR) is 292 cm³/mol. The van der Waals surface area contributed by atoms with Crippen molar-refractivity contribution < 1.29 is 43.2 Å². The first-order valence-corrected chi connectivity index (χ1v) is 26.7. The minimum absolute atomic E-state index is 0.00534. The molecule has 3 aromatic rings. The minimum atomic E-state index is -0.0716. The third-order valence-electron chi connectivity index (χ3n) is 13.0. The van der Waals surface area contributed by atoms with Gasteiger partial charge in [-0.2, -0.15) is 0 Å². The molecule has 3 saturated heterocycles. The lowest BCUT2D eigenvalue weighted by Gasteiger charge is -2.20. The summed E-state index contributed by atoms with van der Waals surface area (Å²) in [7, 11) is 4.60. The summed E-state index contributed by atoms with van der Waals surface area (Å²) in [4.78, 5) is 58.4. The molecule has 6 heterocycles. The fourth-order valence-electron chi connectivity index (χ4n) is 8.95. The molecule has 9 rings (SSSR count). The number of hydrogen-bond acceptors (Lipinski definition) is 12. The van der Waals surface area contributed by atoms with Crippen LogP contribution in [0.4, 0.5) is 17.1 Å². The number of amides is 3. The Kier molecular flexibility index (Phi) is 18.4. The molecule has 0 spiro atoms. The van der Waals surface area contributed by atoms with E-state index in [1.165, 1.54) is 51.6 Å². The summed E-state index contributed by atoms with van der Waals surface area (Å²) < 4.78 is 31.0. The number of hydrogen-bond donors (Lipinski definition) is 1. The Labute approximate surface area is 438 Å². The molecule has 0 radical (unpaired) electrons. The monoisotopic (exact) mass is 1180 g/mol. The topological polar surface area (TPSA) is 164 Å². The number of phenolic OH excluding ortho intramolecular Hbond substituents is 1. The van der Waals surface area contributed by atoms with E-state index >= 15 is 0 Å². The first-order valence-electron chi connectivity index (χ1n) is 23.7. The van der Waals surface area contributed by atoms with Gasteiger partial charge >= 0.3 is 0 Å². The smallest absolute Gasteiger partial charge is 0.257 e. The van der Waals surface area contributed by atoms with Crippen molar-refractivity contribution in [3.8, 4) is 34.5 Å². The van der Waals surface area contributed by atoms with E-state index in [1.54, 1.807) is 55.7 Å². The van der Waals surface area contributed by atoms with Gasteiger partial charge in [-0.1, -0.05) is 80.1 Å². The van der Waals surface area contributed by atoms with Crippen LogP contribution in [0, 0.1) is 0 Å². The fourth-order valence-corrected chi connectivity index (χ4v) is 10.0. The van der Waals surface area contributed by atoms with Gasteiger partial charge < -0.3 is 43.5 Å². The zero-order valence-electron chi connectivity index (χ0n) is 40.7. The summed E-state index contributed by atoms with van der Waals surface area (Å²) in [5.74, 6) is 2.21. The highest BCUT2D eigenvalue weighted by molar-refractivity contribution is 14.1. The Morgan fingerprint density at radius 1 is 0.529 bits per heavy atom. The van der Waals surface area contributed by atoms with Crippen LogP contribution in [0.25, 0.3) is 0 Å². The maximum atomic E-state index is 13.3. The number of alkyl halides is 2. The molecule has 0 aliphatic carbocycles.